The summed E-state index contributed by atoms with van der Waals surface area (Å²) in [5.41, 5.74) is 6.45. The Labute approximate surface area is 50.3 Å². The van der Waals surface area contributed by atoms with Crippen LogP contribution in [-0.2, 0) is 4.74 Å². The van der Waals surface area contributed by atoms with Crippen LogP contribution in [0.25, 0.3) is 0 Å². The summed E-state index contributed by atoms with van der Waals surface area (Å²) in [5, 5.41) is 0. The number of rotatable bonds is 3. The lowest BCUT2D eigenvalue weighted by Crippen LogP contribution is -2.21. The highest BCUT2D eigenvalue weighted by atomic mass is 16.5. The van der Waals surface area contributed by atoms with E-state index in [0.717, 1.165) is 12.0 Å². The van der Waals surface area contributed by atoms with Crippen LogP contribution < -0.4 is 5.73 Å². The van der Waals surface area contributed by atoms with Crippen LogP contribution in [0.3, 0.4) is 0 Å². The molecule has 0 saturated carbocycles. The second-order valence-electron chi connectivity index (χ2n) is 1.94. The van der Waals surface area contributed by atoms with Crippen molar-refractivity contribution in [1.82, 2.24) is 0 Å². The van der Waals surface area contributed by atoms with Gasteiger partial charge in [0.15, 0.2) is 0 Å². The molecule has 0 aromatic heterocycles. The molecule has 0 aliphatic carbocycles. The normalized spacial score (nSPS) is 13.4. The molecule has 0 bridgehead atoms. The van der Waals surface area contributed by atoms with E-state index in [9.17, 15) is 0 Å². The van der Waals surface area contributed by atoms with Crippen LogP contribution in [0.2, 0.25) is 0 Å². The second kappa shape index (κ2) is 3.64. The molecule has 2 heteroatoms. The predicted molar refractivity (Wildman–Crippen MR) is 34.4 cm³/mol. The van der Waals surface area contributed by atoms with Crippen molar-refractivity contribution in [3.8, 4) is 0 Å². The number of ether oxygens (including phenoxy) is 1. The molecule has 1 atom stereocenters. The topological polar surface area (TPSA) is 35.2 Å². The zero-order valence-corrected chi connectivity index (χ0v) is 5.48. The van der Waals surface area contributed by atoms with E-state index in [-0.39, 0.29) is 6.23 Å². The maximum atomic E-state index is 5.39. The second-order valence-corrected chi connectivity index (χ2v) is 1.94. The standard InChI is InChI=1S/C6H13NO/c1-5(2)4-6(7)8-3/h6H,1,4,7H2,2-3H3. The minimum atomic E-state index is -0.174. The van der Waals surface area contributed by atoms with E-state index in [0.29, 0.717) is 0 Å². The van der Waals surface area contributed by atoms with Crippen molar-refractivity contribution >= 4 is 0 Å². The summed E-state index contributed by atoms with van der Waals surface area (Å²) >= 11 is 0. The van der Waals surface area contributed by atoms with E-state index in [1.165, 1.54) is 0 Å². The van der Waals surface area contributed by atoms with Crippen LogP contribution in [0.4, 0.5) is 0 Å². The highest BCUT2D eigenvalue weighted by Crippen LogP contribution is 1.98. The van der Waals surface area contributed by atoms with E-state index < -0.39 is 0 Å². The minimum Gasteiger partial charge on any atom is -0.366 e. The van der Waals surface area contributed by atoms with Gasteiger partial charge >= 0.3 is 0 Å². The molecule has 0 heterocycles. The molecular formula is C6H13NO. The van der Waals surface area contributed by atoms with Crippen molar-refractivity contribution in [3.63, 3.8) is 0 Å². The number of methoxy groups -OCH3 is 1. The molecule has 0 aliphatic rings. The summed E-state index contributed by atoms with van der Waals surface area (Å²) in [7, 11) is 1.59. The monoisotopic (exact) mass is 115 g/mol. The fraction of sp³-hybridized carbons (Fsp3) is 0.667. The van der Waals surface area contributed by atoms with Gasteiger partial charge in [-0.3, -0.25) is 0 Å². The first-order valence-corrected chi connectivity index (χ1v) is 2.59. The molecule has 0 aliphatic heterocycles. The third kappa shape index (κ3) is 3.84. The van der Waals surface area contributed by atoms with E-state index >= 15 is 0 Å². The molecule has 0 saturated heterocycles. The van der Waals surface area contributed by atoms with Gasteiger partial charge in [-0.15, -0.1) is 0 Å². The molecule has 48 valence electrons. The van der Waals surface area contributed by atoms with Gasteiger partial charge in [-0.05, 0) is 6.92 Å². The lowest BCUT2D eigenvalue weighted by Gasteiger charge is -2.06. The summed E-state index contributed by atoms with van der Waals surface area (Å²) < 4.78 is 4.78. The molecule has 1 unspecified atom stereocenters. The fourth-order valence-corrected chi connectivity index (χ4v) is 0.427. The van der Waals surface area contributed by atoms with Gasteiger partial charge in [-0.1, -0.05) is 12.2 Å². The zero-order chi connectivity index (χ0) is 6.57. The van der Waals surface area contributed by atoms with Gasteiger partial charge in [0.05, 0.1) is 0 Å². The Morgan fingerprint density at radius 2 is 2.38 bits per heavy atom. The van der Waals surface area contributed by atoms with E-state index in [4.69, 9.17) is 10.5 Å². The lowest BCUT2D eigenvalue weighted by molar-refractivity contribution is 0.109. The predicted octanol–water partition coefficient (Wildman–Crippen LogP) is 0.884. The smallest absolute Gasteiger partial charge is 0.108 e. The summed E-state index contributed by atoms with van der Waals surface area (Å²) in [5.74, 6) is 0. The highest BCUT2D eigenvalue weighted by Gasteiger charge is 1.96. The Kier molecular flexibility index (Phi) is 3.48. The van der Waals surface area contributed by atoms with Crippen molar-refractivity contribution < 1.29 is 4.74 Å². The third-order valence-electron chi connectivity index (χ3n) is 0.852. The molecule has 0 aromatic carbocycles. The molecule has 0 aromatic rings. The summed E-state index contributed by atoms with van der Waals surface area (Å²) in [6, 6.07) is 0. The molecule has 0 rings (SSSR count). The van der Waals surface area contributed by atoms with E-state index in [1.54, 1.807) is 7.11 Å². The molecule has 2 nitrogen and oxygen atoms in total. The first-order chi connectivity index (χ1) is 3.66. The SMILES string of the molecule is C=C(C)CC(N)OC. The first kappa shape index (κ1) is 7.66. The molecular weight excluding hydrogens is 102 g/mol. The van der Waals surface area contributed by atoms with Gasteiger partial charge in [0.1, 0.15) is 6.23 Å². The molecule has 0 spiro atoms. The minimum absolute atomic E-state index is 0.174. The van der Waals surface area contributed by atoms with Gasteiger partial charge in [-0.25, -0.2) is 0 Å². The number of hydrogen-bond donors (Lipinski definition) is 1. The molecule has 0 radical (unpaired) electrons. The number of hydrogen-bond acceptors (Lipinski definition) is 2. The molecule has 0 amide bonds. The largest absolute Gasteiger partial charge is 0.366 e. The Balaban J connectivity index is 3.24. The maximum Gasteiger partial charge on any atom is 0.108 e. The molecule has 2 N–H and O–H groups in total. The van der Waals surface area contributed by atoms with Crippen LogP contribution in [0, 0.1) is 0 Å². The van der Waals surface area contributed by atoms with Crippen LogP contribution in [-0.4, -0.2) is 13.3 Å². The van der Waals surface area contributed by atoms with Gasteiger partial charge in [0.2, 0.25) is 0 Å². The van der Waals surface area contributed by atoms with Crippen LogP contribution >= 0.6 is 0 Å². The van der Waals surface area contributed by atoms with Gasteiger partial charge in [-0.2, -0.15) is 0 Å². The van der Waals surface area contributed by atoms with Crippen molar-refractivity contribution in [2.45, 2.75) is 19.6 Å². The van der Waals surface area contributed by atoms with Crippen molar-refractivity contribution in [1.29, 1.82) is 0 Å². The van der Waals surface area contributed by atoms with Gasteiger partial charge in [0, 0.05) is 13.5 Å². The van der Waals surface area contributed by atoms with Crippen LogP contribution in [0.15, 0.2) is 12.2 Å². The van der Waals surface area contributed by atoms with Crippen molar-refractivity contribution in [2.75, 3.05) is 7.11 Å². The van der Waals surface area contributed by atoms with Crippen molar-refractivity contribution in [2.24, 2.45) is 5.73 Å². The maximum absolute atomic E-state index is 5.39. The Morgan fingerprint density at radius 1 is 1.88 bits per heavy atom. The third-order valence-corrected chi connectivity index (χ3v) is 0.852. The fourth-order valence-electron chi connectivity index (χ4n) is 0.427. The zero-order valence-electron chi connectivity index (χ0n) is 5.48. The average molecular weight is 115 g/mol. The number of nitrogens with two attached hydrogens (primary N) is 1. The molecule has 8 heavy (non-hydrogen) atoms. The Bertz CT molecular complexity index is 80.6. The Morgan fingerprint density at radius 3 is 2.50 bits per heavy atom. The van der Waals surface area contributed by atoms with E-state index in [2.05, 4.69) is 6.58 Å². The van der Waals surface area contributed by atoms with Gasteiger partial charge in [0.25, 0.3) is 0 Å². The van der Waals surface area contributed by atoms with Crippen LogP contribution in [0.1, 0.15) is 13.3 Å². The molecule has 0 fully saturated rings. The Hall–Kier alpha value is -0.340. The quantitative estimate of drug-likeness (QED) is 0.438. The van der Waals surface area contributed by atoms with Crippen molar-refractivity contribution in [3.05, 3.63) is 12.2 Å². The summed E-state index contributed by atoms with van der Waals surface area (Å²) in [6.07, 6.45) is 0.573. The summed E-state index contributed by atoms with van der Waals surface area (Å²) in [6.45, 7) is 5.61. The van der Waals surface area contributed by atoms with Crippen LogP contribution in [0.5, 0.6) is 0 Å². The highest BCUT2D eigenvalue weighted by molar-refractivity contribution is 4.89. The van der Waals surface area contributed by atoms with Gasteiger partial charge < -0.3 is 10.5 Å². The summed E-state index contributed by atoms with van der Waals surface area (Å²) in [4.78, 5) is 0. The first-order valence-electron chi connectivity index (χ1n) is 2.59. The lowest BCUT2D eigenvalue weighted by atomic mass is 10.2. The average Bonchev–Trinajstić information content (AvgIpc) is 1.65. The van der Waals surface area contributed by atoms with E-state index in [1.807, 2.05) is 6.92 Å².